The molecule has 5 nitrogen and oxygen atoms in total. The lowest BCUT2D eigenvalue weighted by Crippen LogP contribution is -1.91. The minimum atomic E-state index is -0.405. The smallest absolute Gasteiger partial charge is 0.284 e. The van der Waals surface area contributed by atoms with Crippen molar-refractivity contribution in [2.24, 2.45) is 0 Å². The number of nitrogens with zero attached hydrogens (tertiary/aromatic N) is 2. The Labute approximate surface area is 199 Å². The number of aromatic nitrogens is 2. The predicted molar refractivity (Wildman–Crippen MR) is 135 cm³/mol. The van der Waals surface area contributed by atoms with Gasteiger partial charge in [-0.1, -0.05) is 84.9 Å². The lowest BCUT2D eigenvalue weighted by Gasteiger charge is -2.06. The normalized spacial score (nSPS) is 10.8. The third-order valence-electron chi connectivity index (χ3n) is 5.45. The Hall–Kier alpha value is -4.03. The molecule has 4 aromatic carbocycles. The molecule has 0 bridgehead atoms. The van der Waals surface area contributed by atoms with Gasteiger partial charge in [-0.25, -0.2) is 4.98 Å². The van der Waals surface area contributed by atoms with Crippen molar-refractivity contribution in [1.82, 2.24) is 9.97 Å². The summed E-state index contributed by atoms with van der Waals surface area (Å²) in [7, 11) is 0. The summed E-state index contributed by atoms with van der Waals surface area (Å²) in [5.74, 6) is 0.576. The molecule has 0 aliphatic rings. The minimum absolute atomic E-state index is 0.000995. The molecule has 1 N–H and O–H groups in total. The van der Waals surface area contributed by atoms with Crippen molar-refractivity contribution in [2.75, 3.05) is 0 Å². The van der Waals surface area contributed by atoms with E-state index in [0.717, 1.165) is 33.6 Å². The van der Waals surface area contributed by atoms with Gasteiger partial charge in [0.05, 0.1) is 20.8 Å². The number of nitro groups is 1. The van der Waals surface area contributed by atoms with Gasteiger partial charge in [-0.15, -0.1) is 0 Å². The number of imidazole rings is 1. The van der Waals surface area contributed by atoms with Crippen molar-refractivity contribution >= 4 is 21.6 Å². The van der Waals surface area contributed by atoms with Crippen LogP contribution in [0.3, 0.4) is 0 Å². The molecule has 5 rings (SSSR count). The van der Waals surface area contributed by atoms with E-state index >= 15 is 0 Å². The van der Waals surface area contributed by atoms with Crippen molar-refractivity contribution < 1.29 is 4.92 Å². The standard InChI is InChI=1S/C27H18BrN3O2/c28-23-16-15-22(17-24(23)31(32)33)27-29-25(20-9-5-2-6-10-20)26(30-27)21-13-11-19(12-14-21)18-7-3-1-4-8-18/h1-17H,(H,29,30). The van der Waals surface area contributed by atoms with Crippen LogP contribution in [-0.4, -0.2) is 14.9 Å². The van der Waals surface area contributed by atoms with E-state index in [1.807, 2.05) is 54.6 Å². The van der Waals surface area contributed by atoms with E-state index in [2.05, 4.69) is 57.3 Å². The fraction of sp³-hybridized carbons (Fsp3) is 0. The van der Waals surface area contributed by atoms with Gasteiger partial charge >= 0.3 is 0 Å². The van der Waals surface area contributed by atoms with Crippen LogP contribution >= 0.6 is 15.9 Å². The van der Waals surface area contributed by atoms with Gasteiger partial charge in [-0.2, -0.15) is 0 Å². The average Bonchev–Trinajstić information content (AvgIpc) is 3.31. The largest absolute Gasteiger partial charge is 0.337 e. The van der Waals surface area contributed by atoms with E-state index < -0.39 is 4.92 Å². The topological polar surface area (TPSA) is 71.8 Å². The summed E-state index contributed by atoms with van der Waals surface area (Å²) in [5.41, 5.74) is 6.54. The molecule has 0 saturated carbocycles. The van der Waals surface area contributed by atoms with E-state index in [0.29, 0.717) is 15.9 Å². The molecule has 0 amide bonds. The molecule has 6 heteroatoms. The SMILES string of the molecule is O=[N+]([O-])c1cc(-c2nc(-c3ccccc3)c(-c3ccc(-c4ccccc4)cc3)[nH]2)ccc1Br. The summed E-state index contributed by atoms with van der Waals surface area (Å²) in [6.07, 6.45) is 0. The van der Waals surface area contributed by atoms with Crippen LogP contribution in [-0.2, 0) is 0 Å². The maximum atomic E-state index is 11.4. The van der Waals surface area contributed by atoms with Crippen LogP contribution in [0, 0.1) is 10.1 Å². The molecule has 5 aromatic rings. The number of hydrogen-bond acceptors (Lipinski definition) is 3. The van der Waals surface area contributed by atoms with Gasteiger partial charge < -0.3 is 4.98 Å². The zero-order valence-electron chi connectivity index (χ0n) is 17.4. The number of rotatable bonds is 5. The lowest BCUT2D eigenvalue weighted by molar-refractivity contribution is -0.385. The third kappa shape index (κ3) is 4.21. The summed E-state index contributed by atoms with van der Waals surface area (Å²) in [5, 5.41) is 11.4. The van der Waals surface area contributed by atoms with Gasteiger partial charge in [-0.05, 0) is 39.2 Å². The number of hydrogen-bond donors (Lipinski definition) is 1. The second-order valence-electron chi connectivity index (χ2n) is 7.54. The number of halogens is 1. The summed E-state index contributed by atoms with van der Waals surface area (Å²) in [4.78, 5) is 19.3. The quantitative estimate of drug-likeness (QED) is 0.200. The highest BCUT2D eigenvalue weighted by molar-refractivity contribution is 9.10. The van der Waals surface area contributed by atoms with Crippen molar-refractivity contribution in [3.63, 3.8) is 0 Å². The fourth-order valence-corrected chi connectivity index (χ4v) is 4.18. The van der Waals surface area contributed by atoms with Crippen LogP contribution in [0.1, 0.15) is 0 Å². The molecule has 0 aliphatic carbocycles. The van der Waals surface area contributed by atoms with Crippen molar-refractivity contribution in [2.45, 2.75) is 0 Å². The minimum Gasteiger partial charge on any atom is -0.337 e. The molecule has 0 radical (unpaired) electrons. The Morgan fingerprint density at radius 3 is 1.88 bits per heavy atom. The van der Waals surface area contributed by atoms with Gasteiger partial charge in [0.2, 0.25) is 0 Å². The molecule has 0 spiro atoms. The monoisotopic (exact) mass is 495 g/mol. The van der Waals surface area contributed by atoms with E-state index in [9.17, 15) is 10.1 Å². The van der Waals surface area contributed by atoms with Gasteiger partial charge in [0.15, 0.2) is 0 Å². The zero-order valence-corrected chi connectivity index (χ0v) is 19.0. The zero-order chi connectivity index (χ0) is 22.8. The first-order valence-corrected chi connectivity index (χ1v) is 11.1. The molecular weight excluding hydrogens is 478 g/mol. The van der Waals surface area contributed by atoms with E-state index in [-0.39, 0.29) is 5.69 Å². The molecule has 1 aromatic heterocycles. The number of aromatic amines is 1. The average molecular weight is 496 g/mol. The van der Waals surface area contributed by atoms with Crippen molar-refractivity contribution in [3.05, 3.63) is 118 Å². The number of H-pyrrole nitrogens is 1. The maximum Gasteiger partial charge on any atom is 0.284 e. The number of benzene rings is 4. The number of nitro benzene ring substituents is 1. The molecule has 0 atom stereocenters. The molecular formula is C27H18BrN3O2. The van der Waals surface area contributed by atoms with Crippen LogP contribution in [0.2, 0.25) is 0 Å². The van der Waals surface area contributed by atoms with Crippen LogP contribution < -0.4 is 0 Å². The molecule has 33 heavy (non-hydrogen) atoms. The van der Waals surface area contributed by atoms with Crippen LogP contribution in [0.15, 0.2) is 108 Å². The van der Waals surface area contributed by atoms with Gasteiger partial charge in [-0.3, -0.25) is 10.1 Å². The van der Waals surface area contributed by atoms with Crippen LogP contribution in [0.4, 0.5) is 5.69 Å². The van der Waals surface area contributed by atoms with Crippen LogP contribution in [0.25, 0.3) is 45.0 Å². The highest BCUT2D eigenvalue weighted by Gasteiger charge is 2.18. The Morgan fingerprint density at radius 1 is 0.697 bits per heavy atom. The molecule has 0 aliphatic heterocycles. The highest BCUT2D eigenvalue weighted by Crippen LogP contribution is 2.36. The lowest BCUT2D eigenvalue weighted by atomic mass is 10.0. The van der Waals surface area contributed by atoms with Crippen molar-refractivity contribution in [3.8, 4) is 45.0 Å². The van der Waals surface area contributed by atoms with Gasteiger partial charge in [0.1, 0.15) is 5.82 Å². The Bertz CT molecular complexity index is 1430. The van der Waals surface area contributed by atoms with E-state index in [4.69, 9.17) is 4.98 Å². The van der Waals surface area contributed by atoms with Crippen molar-refractivity contribution in [1.29, 1.82) is 0 Å². The summed E-state index contributed by atoms with van der Waals surface area (Å²) < 4.78 is 0.433. The second-order valence-corrected chi connectivity index (χ2v) is 8.40. The second kappa shape index (κ2) is 8.84. The first-order valence-electron chi connectivity index (χ1n) is 10.4. The Morgan fingerprint density at radius 2 is 1.24 bits per heavy atom. The molecule has 0 unspecified atom stereocenters. The highest BCUT2D eigenvalue weighted by atomic mass is 79.9. The Balaban J connectivity index is 1.62. The molecule has 1 heterocycles. The summed E-state index contributed by atoms with van der Waals surface area (Å²) >= 11 is 3.25. The Kier molecular flexibility index (Phi) is 5.59. The van der Waals surface area contributed by atoms with Gasteiger partial charge in [0.25, 0.3) is 5.69 Å². The number of nitrogens with one attached hydrogen (secondary N) is 1. The molecule has 0 fully saturated rings. The van der Waals surface area contributed by atoms with E-state index in [1.54, 1.807) is 6.07 Å². The van der Waals surface area contributed by atoms with Gasteiger partial charge in [0, 0.05) is 22.8 Å². The maximum absolute atomic E-state index is 11.4. The molecule has 160 valence electrons. The first kappa shape index (κ1) is 20.8. The fourth-order valence-electron chi connectivity index (χ4n) is 3.78. The summed E-state index contributed by atoms with van der Waals surface area (Å²) in [6, 6.07) is 33.4. The third-order valence-corrected chi connectivity index (χ3v) is 6.12. The van der Waals surface area contributed by atoms with E-state index in [1.165, 1.54) is 6.07 Å². The predicted octanol–water partition coefficient (Wildman–Crippen LogP) is 7.75. The summed E-state index contributed by atoms with van der Waals surface area (Å²) in [6.45, 7) is 0. The first-order chi connectivity index (χ1) is 16.1. The van der Waals surface area contributed by atoms with Crippen LogP contribution in [0.5, 0.6) is 0 Å². The molecule has 0 saturated heterocycles.